The third-order valence-electron chi connectivity index (χ3n) is 4.89. The molecule has 5 heteroatoms. The van der Waals surface area contributed by atoms with Crippen LogP contribution in [-0.2, 0) is 19.5 Å². The van der Waals surface area contributed by atoms with Gasteiger partial charge in [-0.15, -0.1) is 11.3 Å². The van der Waals surface area contributed by atoms with Gasteiger partial charge in [-0.1, -0.05) is 12.1 Å². The third-order valence-corrected chi connectivity index (χ3v) is 5.72. The van der Waals surface area contributed by atoms with Gasteiger partial charge in [-0.25, -0.2) is 4.98 Å². The van der Waals surface area contributed by atoms with E-state index in [1.54, 1.807) is 11.3 Å². The van der Waals surface area contributed by atoms with Gasteiger partial charge in [0.25, 0.3) is 0 Å². The molecule has 24 heavy (non-hydrogen) atoms. The van der Waals surface area contributed by atoms with Crippen molar-refractivity contribution in [1.29, 1.82) is 0 Å². The summed E-state index contributed by atoms with van der Waals surface area (Å²) in [6.45, 7) is 9.59. The maximum atomic E-state index is 5.61. The Morgan fingerprint density at radius 1 is 1.12 bits per heavy atom. The molecule has 0 saturated carbocycles. The molecule has 2 aliphatic rings. The van der Waals surface area contributed by atoms with Gasteiger partial charge in [-0.05, 0) is 43.6 Å². The summed E-state index contributed by atoms with van der Waals surface area (Å²) in [6, 6.07) is 6.71. The second kappa shape index (κ2) is 7.21. The lowest BCUT2D eigenvalue weighted by atomic mass is 10.1. The lowest BCUT2D eigenvalue weighted by Crippen LogP contribution is -2.30. The zero-order chi connectivity index (χ0) is 16.4. The van der Waals surface area contributed by atoms with Crippen molar-refractivity contribution < 1.29 is 4.74 Å². The van der Waals surface area contributed by atoms with Gasteiger partial charge in [0.15, 0.2) is 0 Å². The van der Waals surface area contributed by atoms with Crippen molar-refractivity contribution in [2.45, 2.75) is 32.9 Å². The van der Waals surface area contributed by atoms with Crippen LogP contribution in [0.5, 0.6) is 5.75 Å². The number of ether oxygens (including phenoxy) is 1. The minimum Gasteiger partial charge on any atom is -0.493 e. The number of aromatic nitrogens is 1. The topological polar surface area (TPSA) is 28.6 Å². The first-order chi connectivity index (χ1) is 11.8. The Hall–Kier alpha value is -1.43. The van der Waals surface area contributed by atoms with Crippen LogP contribution < -0.4 is 4.74 Å². The summed E-state index contributed by atoms with van der Waals surface area (Å²) in [5.41, 5.74) is 4.02. The second-order valence-corrected chi connectivity index (χ2v) is 7.87. The van der Waals surface area contributed by atoms with Crippen LogP contribution in [-0.4, -0.2) is 47.6 Å². The normalized spacial score (nSPS) is 19.0. The van der Waals surface area contributed by atoms with Gasteiger partial charge in [0.1, 0.15) is 5.75 Å². The molecule has 1 aromatic carbocycles. The number of thiazole rings is 1. The molecule has 0 aliphatic carbocycles. The maximum Gasteiger partial charge on any atom is 0.122 e. The smallest absolute Gasteiger partial charge is 0.122 e. The fourth-order valence-corrected chi connectivity index (χ4v) is 4.25. The summed E-state index contributed by atoms with van der Waals surface area (Å²) in [6.07, 6.45) is 2.29. The molecule has 3 heterocycles. The van der Waals surface area contributed by atoms with Gasteiger partial charge in [0, 0.05) is 38.0 Å². The van der Waals surface area contributed by atoms with E-state index < -0.39 is 0 Å². The number of benzene rings is 1. The summed E-state index contributed by atoms with van der Waals surface area (Å²) in [5.74, 6) is 1.08. The molecular weight excluding hydrogens is 318 g/mol. The van der Waals surface area contributed by atoms with Gasteiger partial charge in [0.2, 0.25) is 0 Å². The average Bonchev–Trinajstić information content (AvgIpc) is 3.14. The maximum absolute atomic E-state index is 5.61. The minimum absolute atomic E-state index is 0.841. The fraction of sp³-hybridized carbons (Fsp3) is 0.526. The van der Waals surface area contributed by atoms with Crippen molar-refractivity contribution in [2.24, 2.45) is 0 Å². The molecule has 4 nitrogen and oxygen atoms in total. The molecule has 2 aromatic rings. The molecule has 1 saturated heterocycles. The molecule has 4 rings (SSSR count). The van der Waals surface area contributed by atoms with Gasteiger partial charge < -0.3 is 4.74 Å². The summed E-state index contributed by atoms with van der Waals surface area (Å²) in [4.78, 5) is 9.74. The van der Waals surface area contributed by atoms with Crippen molar-refractivity contribution in [1.82, 2.24) is 14.8 Å². The first kappa shape index (κ1) is 16.1. The second-order valence-electron chi connectivity index (χ2n) is 6.80. The predicted molar refractivity (Wildman–Crippen MR) is 97.7 cm³/mol. The summed E-state index contributed by atoms with van der Waals surface area (Å²) in [5, 5.41) is 3.37. The number of hydrogen-bond acceptors (Lipinski definition) is 5. The largest absolute Gasteiger partial charge is 0.493 e. The van der Waals surface area contributed by atoms with E-state index >= 15 is 0 Å². The van der Waals surface area contributed by atoms with Crippen LogP contribution in [0.25, 0.3) is 0 Å². The molecule has 1 fully saturated rings. The van der Waals surface area contributed by atoms with E-state index in [0.717, 1.165) is 45.0 Å². The Kier molecular flexibility index (Phi) is 4.83. The molecular formula is C19H25N3OS. The summed E-state index contributed by atoms with van der Waals surface area (Å²) < 4.78 is 5.61. The van der Waals surface area contributed by atoms with E-state index in [1.165, 1.54) is 41.3 Å². The SMILES string of the molecule is Cc1nc(CN2CCCN(Cc3ccc4c(c3)CCO4)CC2)cs1. The molecule has 0 spiro atoms. The summed E-state index contributed by atoms with van der Waals surface area (Å²) in [7, 11) is 0. The van der Waals surface area contributed by atoms with Gasteiger partial charge in [-0.2, -0.15) is 0 Å². The molecule has 0 atom stereocenters. The zero-order valence-corrected chi connectivity index (χ0v) is 15.1. The van der Waals surface area contributed by atoms with Crippen molar-refractivity contribution in [3.05, 3.63) is 45.4 Å². The summed E-state index contributed by atoms with van der Waals surface area (Å²) >= 11 is 1.75. The van der Waals surface area contributed by atoms with E-state index in [4.69, 9.17) is 4.74 Å². The molecule has 0 radical (unpaired) electrons. The highest BCUT2D eigenvalue weighted by atomic mass is 32.1. The van der Waals surface area contributed by atoms with Crippen LogP contribution in [0.2, 0.25) is 0 Å². The first-order valence-electron chi connectivity index (χ1n) is 8.86. The van der Waals surface area contributed by atoms with Crippen molar-refractivity contribution >= 4 is 11.3 Å². The highest BCUT2D eigenvalue weighted by Gasteiger charge is 2.17. The van der Waals surface area contributed by atoms with Crippen LogP contribution in [0.3, 0.4) is 0 Å². The van der Waals surface area contributed by atoms with Crippen molar-refractivity contribution in [3.63, 3.8) is 0 Å². The predicted octanol–water partition coefficient (Wildman–Crippen LogP) is 3.09. The Balaban J connectivity index is 1.33. The molecule has 128 valence electrons. The van der Waals surface area contributed by atoms with Gasteiger partial charge in [-0.3, -0.25) is 9.80 Å². The Morgan fingerprint density at radius 2 is 1.96 bits per heavy atom. The number of fused-ring (bicyclic) bond motifs is 1. The van der Waals surface area contributed by atoms with Crippen molar-refractivity contribution in [2.75, 3.05) is 32.8 Å². The van der Waals surface area contributed by atoms with E-state index in [-0.39, 0.29) is 0 Å². The Labute approximate surface area is 148 Å². The number of hydrogen-bond donors (Lipinski definition) is 0. The molecule has 1 aromatic heterocycles. The number of aryl methyl sites for hydroxylation is 1. The van der Waals surface area contributed by atoms with Crippen molar-refractivity contribution in [3.8, 4) is 5.75 Å². The Morgan fingerprint density at radius 3 is 2.75 bits per heavy atom. The van der Waals surface area contributed by atoms with E-state index in [2.05, 4.69) is 45.3 Å². The van der Waals surface area contributed by atoms with Crippen LogP contribution in [0.4, 0.5) is 0 Å². The van der Waals surface area contributed by atoms with Crippen LogP contribution >= 0.6 is 11.3 Å². The lowest BCUT2D eigenvalue weighted by molar-refractivity contribution is 0.246. The molecule has 0 amide bonds. The lowest BCUT2D eigenvalue weighted by Gasteiger charge is -2.21. The van der Waals surface area contributed by atoms with E-state index in [1.807, 2.05) is 0 Å². The molecule has 0 unspecified atom stereocenters. The van der Waals surface area contributed by atoms with E-state index in [9.17, 15) is 0 Å². The van der Waals surface area contributed by atoms with Crippen LogP contribution in [0.15, 0.2) is 23.6 Å². The number of rotatable bonds is 4. The molecule has 0 bridgehead atoms. The van der Waals surface area contributed by atoms with E-state index in [0.29, 0.717) is 0 Å². The minimum atomic E-state index is 0.841. The first-order valence-corrected chi connectivity index (χ1v) is 9.74. The van der Waals surface area contributed by atoms with Gasteiger partial charge >= 0.3 is 0 Å². The zero-order valence-electron chi connectivity index (χ0n) is 14.3. The Bertz CT molecular complexity index is 700. The number of nitrogens with zero attached hydrogens (tertiary/aromatic N) is 3. The van der Waals surface area contributed by atoms with Crippen LogP contribution in [0.1, 0.15) is 28.2 Å². The highest BCUT2D eigenvalue weighted by Crippen LogP contribution is 2.26. The fourth-order valence-electron chi connectivity index (χ4n) is 3.65. The van der Waals surface area contributed by atoms with Gasteiger partial charge in [0.05, 0.1) is 17.3 Å². The molecule has 2 aliphatic heterocycles. The average molecular weight is 343 g/mol. The standard InChI is InChI=1S/C19H25N3OS/c1-15-20-18(14-24-15)13-22-7-2-6-21(8-9-22)12-16-3-4-19-17(11-16)5-10-23-19/h3-4,11,14H,2,5-10,12-13H2,1H3. The molecule has 0 N–H and O–H groups in total. The monoisotopic (exact) mass is 343 g/mol. The van der Waals surface area contributed by atoms with Crippen LogP contribution in [0, 0.1) is 6.92 Å². The quantitative estimate of drug-likeness (QED) is 0.853. The highest BCUT2D eigenvalue weighted by molar-refractivity contribution is 7.09. The third kappa shape index (κ3) is 3.79.